The van der Waals surface area contributed by atoms with Crippen molar-refractivity contribution in [3.8, 4) is 5.75 Å². The van der Waals surface area contributed by atoms with Gasteiger partial charge in [-0.1, -0.05) is 48.1 Å². The standard InChI is InChI=1S/C22H20N2O/c1-15-5-11-20-17(14-15)7-10-18(24(20)2)9-6-16-8-12-21(25)22-19(16)4-3-13-23-22/h3-14,20,25H,1-2H3. The number of nitrogens with zero attached hydrogens (tertiary/aromatic N) is 2. The highest BCUT2D eigenvalue weighted by atomic mass is 16.3. The van der Waals surface area contributed by atoms with Crippen LogP contribution in [0.4, 0.5) is 0 Å². The highest BCUT2D eigenvalue weighted by Crippen LogP contribution is 2.29. The zero-order chi connectivity index (χ0) is 17.4. The predicted molar refractivity (Wildman–Crippen MR) is 103 cm³/mol. The van der Waals surface area contributed by atoms with Crippen LogP contribution in [0.3, 0.4) is 0 Å². The molecule has 0 saturated carbocycles. The summed E-state index contributed by atoms with van der Waals surface area (Å²) >= 11 is 0. The fourth-order valence-electron chi connectivity index (χ4n) is 3.38. The van der Waals surface area contributed by atoms with E-state index in [4.69, 9.17) is 0 Å². The molecule has 2 aliphatic rings. The summed E-state index contributed by atoms with van der Waals surface area (Å²) in [4.78, 5) is 6.55. The van der Waals surface area contributed by atoms with Gasteiger partial charge >= 0.3 is 0 Å². The molecule has 0 fully saturated rings. The van der Waals surface area contributed by atoms with Crippen LogP contribution in [-0.4, -0.2) is 28.1 Å². The van der Waals surface area contributed by atoms with Crippen molar-refractivity contribution in [2.75, 3.05) is 7.05 Å². The first-order chi connectivity index (χ1) is 12.1. The number of phenols is 1. The molecule has 2 heterocycles. The Hall–Kier alpha value is -3.07. The molecule has 1 aliphatic carbocycles. The molecule has 1 aromatic carbocycles. The largest absolute Gasteiger partial charge is 0.506 e. The minimum atomic E-state index is 0.212. The van der Waals surface area contributed by atoms with Crippen molar-refractivity contribution < 1.29 is 5.11 Å². The maximum Gasteiger partial charge on any atom is 0.141 e. The molecule has 3 nitrogen and oxygen atoms in total. The molecule has 124 valence electrons. The number of likely N-dealkylation sites (N-methyl/N-ethyl adjacent to an activating group) is 1. The Kier molecular flexibility index (Phi) is 3.77. The molecule has 25 heavy (non-hydrogen) atoms. The van der Waals surface area contributed by atoms with E-state index in [1.807, 2.05) is 18.2 Å². The summed E-state index contributed by atoms with van der Waals surface area (Å²) in [5, 5.41) is 10.9. The van der Waals surface area contributed by atoms with Crippen LogP contribution < -0.4 is 0 Å². The fraction of sp³-hybridized carbons (Fsp3) is 0.136. The number of aromatic hydroxyl groups is 1. The molecule has 2 aromatic rings. The lowest BCUT2D eigenvalue weighted by Crippen LogP contribution is -2.33. The van der Waals surface area contributed by atoms with Crippen LogP contribution in [0.25, 0.3) is 17.0 Å². The molecule has 1 aromatic heterocycles. The number of pyridine rings is 1. The van der Waals surface area contributed by atoms with Gasteiger partial charge in [0.15, 0.2) is 0 Å². The molecule has 4 rings (SSSR count). The van der Waals surface area contributed by atoms with Crippen molar-refractivity contribution in [2.45, 2.75) is 13.0 Å². The lowest BCUT2D eigenvalue weighted by atomic mass is 9.93. The molecule has 0 amide bonds. The van der Waals surface area contributed by atoms with E-state index in [2.05, 4.69) is 66.4 Å². The normalized spacial score (nSPS) is 19.7. The van der Waals surface area contributed by atoms with E-state index in [9.17, 15) is 5.11 Å². The predicted octanol–water partition coefficient (Wildman–Crippen LogP) is 4.59. The van der Waals surface area contributed by atoms with Gasteiger partial charge in [-0.2, -0.15) is 0 Å². The van der Waals surface area contributed by atoms with E-state index in [0.717, 1.165) is 16.6 Å². The summed E-state index contributed by atoms with van der Waals surface area (Å²) in [7, 11) is 2.11. The fourth-order valence-corrected chi connectivity index (χ4v) is 3.38. The van der Waals surface area contributed by atoms with E-state index in [1.165, 1.54) is 11.1 Å². The van der Waals surface area contributed by atoms with Crippen molar-refractivity contribution in [3.63, 3.8) is 0 Å². The maximum absolute atomic E-state index is 9.98. The monoisotopic (exact) mass is 328 g/mol. The third-order valence-corrected chi connectivity index (χ3v) is 4.76. The van der Waals surface area contributed by atoms with Crippen molar-refractivity contribution in [1.82, 2.24) is 9.88 Å². The topological polar surface area (TPSA) is 36.4 Å². The summed E-state index contributed by atoms with van der Waals surface area (Å²) < 4.78 is 0. The zero-order valence-corrected chi connectivity index (χ0v) is 14.3. The summed E-state index contributed by atoms with van der Waals surface area (Å²) in [6, 6.07) is 7.78. The van der Waals surface area contributed by atoms with E-state index >= 15 is 0 Å². The van der Waals surface area contributed by atoms with Crippen LogP contribution in [0.1, 0.15) is 12.5 Å². The number of allylic oxidation sites excluding steroid dienone is 5. The summed E-state index contributed by atoms with van der Waals surface area (Å²) in [6.45, 7) is 2.12. The number of rotatable bonds is 2. The summed E-state index contributed by atoms with van der Waals surface area (Å²) in [5.74, 6) is 0.212. The number of benzene rings is 1. The van der Waals surface area contributed by atoms with E-state index < -0.39 is 0 Å². The smallest absolute Gasteiger partial charge is 0.141 e. The van der Waals surface area contributed by atoms with Crippen molar-refractivity contribution in [2.24, 2.45) is 0 Å². The van der Waals surface area contributed by atoms with Crippen molar-refractivity contribution >= 4 is 17.0 Å². The Bertz CT molecular complexity index is 992. The molecule has 3 heteroatoms. The van der Waals surface area contributed by atoms with Crippen LogP contribution in [0.5, 0.6) is 5.75 Å². The van der Waals surface area contributed by atoms with Gasteiger partial charge in [-0.15, -0.1) is 0 Å². The van der Waals surface area contributed by atoms with Gasteiger partial charge in [-0.05, 0) is 42.3 Å². The number of fused-ring (bicyclic) bond motifs is 2. The van der Waals surface area contributed by atoms with Gasteiger partial charge in [0.2, 0.25) is 0 Å². The Labute approximate surface area is 147 Å². The van der Waals surface area contributed by atoms with Gasteiger partial charge in [0.05, 0.1) is 6.04 Å². The molecule has 0 bridgehead atoms. The maximum atomic E-state index is 9.98. The number of hydrogen-bond acceptors (Lipinski definition) is 3. The lowest BCUT2D eigenvalue weighted by molar-refractivity contribution is 0.397. The average molecular weight is 328 g/mol. The van der Waals surface area contributed by atoms with E-state index in [0.29, 0.717) is 5.52 Å². The Morgan fingerprint density at radius 3 is 2.92 bits per heavy atom. The second kappa shape index (κ2) is 6.10. The Morgan fingerprint density at radius 2 is 2.04 bits per heavy atom. The first-order valence-corrected chi connectivity index (χ1v) is 8.39. The molecule has 1 atom stereocenters. The van der Waals surface area contributed by atoms with Crippen LogP contribution in [0.15, 0.2) is 83.8 Å². The first kappa shape index (κ1) is 15.5. The number of aromatic nitrogens is 1. The van der Waals surface area contributed by atoms with Crippen LogP contribution >= 0.6 is 0 Å². The first-order valence-electron chi connectivity index (χ1n) is 8.39. The van der Waals surface area contributed by atoms with Crippen LogP contribution in [0, 0.1) is 0 Å². The molecule has 0 saturated heterocycles. The average Bonchev–Trinajstić information content (AvgIpc) is 2.63. The zero-order valence-electron chi connectivity index (χ0n) is 14.3. The Balaban J connectivity index is 1.69. The molecule has 1 N–H and O–H groups in total. The van der Waals surface area contributed by atoms with Gasteiger partial charge in [0, 0.05) is 24.3 Å². The second-order valence-electron chi connectivity index (χ2n) is 6.47. The van der Waals surface area contributed by atoms with Crippen molar-refractivity contribution in [1.29, 1.82) is 0 Å². The quantitative estimate of drug-likeness (QED) is 0.875. The molecular weight excluding hydrogens is 308 g/mol. The van der Waals surface area contributed by atoms with Gasteiger partial charge in [-0.25, -0.2) is 0 Å². The van der Waals surface area contributed by atoms with Gasteiger partial charge in [-0.3, -0.25) is 4.98 Å². The van der Waals surface area contributed by atoms with Gasteiger partial charge in [0.25, 0.3) is 0 Å². The summed E-state index contributed by atoms with van der Waals surface area (Å²) in [5.41, 5.74) is 5.43. The van der Waals surface area contributed by atoms with Gasteiger partial charge in [0.1, 0.15) is 11.3 Å². The highest BCUT2D eigenvalue weighted by molar-refractivity contribution is 5.91. The number of phenolic OH excluding ortho intramolecular Hbond substituents is 1. The molecular formula is C22H20N2O. The van der Waals surface area contributed by atoms with Gasteiger partial charge < -0.3 is 10.0 Å². The van der Waals surface area contributed by atoms with Crippen molar-refractivity contribution in [3.05, 3.63) is 89.3 Å². The van der Waals surface area contributed by atoms with E-state index in [-0.39, 0.29) is 11.8 Å². The number of hydrogen-bond donors (Lipinski definition) is 1. The highest BCUT2D eigenvalue weighted by Gasteiger charge is 2.21. The lowest BCUT2D eigenvalue weighted by Gasteiger charge is -2.34. The Morgan fingerprint density at radius 1 is 1.16 bits per heavy atom. The minimum absolute atomic E-state index is 0.212. The molecule has 1 unspecified atom stereocenters. The van der Waals surface area contributed by atoms with E-state index in [1.54, 1.807) is 12.3 Å². The second-order valence-corrected chi connectivity index (χ2v) is 6.47. The third-order valence-electron chi connectivity index (χ3n) is 4.76. The third kappa shape index (κ3) is 2.78. The SMILES string of the molecule is CC1=CC2=CC=C(C=Cc3ccc(O)c4ncccc34)N(C)C2C=C1. The van der Waals surface area contributed by atoms with Crippen LogP contribution in [-0.2, 0) is 0 Å². The molecule has 0 spiro atoms. The molecule has 0 radical (unpaired) electrons. The molecule has 1 aliphatic heterocycles. The van der Waals surface area contributed by atoms with Crippen LogP contribution in [0.2, 0.25) is 0 Å². The minimum Gasteiger partial charge on any atom is -0.506 e. The summed E-state index contributed by atoms with van der Waals surface area (Å²) in [6.07, 6.45) is 16.9.